The van der Waals surface area contributed by atoms with Gasteiger partial charge in [-0.2, -0.15) is 15.3 Å². The molecule has 0 unspecified atom stereocenters. The van der Waals surface area contributed by atoms with Crippen molar-refractivity contribution in [3.8, 4) is 0 Å². The number of rotatable bonds is 6. The first-order valence-electron chi connectivity index (χ1n) is 9.68. The molecule has 160 valence electrons. The van der Waals surface area contributed by atoms with Crippen LogP contribution in [-0.4, -0.2) is 41.2 Å². The minimum atomic E-state index is -0.405. The van der Waals surface area contributed by atoms with Gasteiger partial charge in [0.05, 0.1) is 17.0 Å². The van der Waals surface area contributed by atoms with E-state index in [1.807, 2.05) is 41.8 Å². The third-order valence-corrected chi connectivity index (χ3v) is 5.46. The smallest absolute Gasteiger partial charge is 0.272 e. The Labute approximate surface area is 175 Å². The molecule has 0 saturated carbocycles. The SMILES string of the molecule is Cc1nn(C)c(C)c1CNC(=O)c1cn(C)nc1C(=O)NCc1c(C)nn(C)c1C. The van der Waals surface area contributed by atoms with E-state index in [0.717, 1.165) is 33.9 Å². The zero-order chi connectivity index (χ0) is 22.2. The number of carbonyl (C=O) groups is 2. The molecule has 0 radical (unpaired) electrons. The summed E-state index contributed by atoms with van der Waals surface area (Å²) < 4.78 is 5.02. The summed E-state index contributed by atoms with van der Waals surface area (Å²) in [5.41, 5.74) is 5.92. The molecule has 3 aromatic heterocycles. The maximum Gasteiger partial charge on any atom is 0.272 e. The molecule has 0 saturated heterocycles. The Morgan fingerprint density at radius 1 is 0.800 bits per heavy atom. The Morgan fingerprint density at radius 3 is 1.70 bits per heavy atom. The Morgan fingerprint density at radius 2 is 1.27 bits per heavy atom. The van der Waals surface area contributed by atoms with Crippen LogP contribution in [0.1, 0.15) is 54.7 Å². The van der Waals surface area contributed by atoms with Gasteiger partial charge in [-0.05, 0) is 27.7 Å². The zero-order valence-corrected chi connectivity index (χ0v) is 18.5. The van der Waals surface area contributed by atoms with Gasteiger partial charge in [0.15, 0.2) is 5.69 Å². The van der Waals surface area contributed by atoms with Crippen LogP contribution in [-0.2, 0) is 34.2 Å². The molecule has 2 amide bonds. The lowest BCUT2D eigenvalue weighted by Gasteiger charge is -2.07. The zero-order valence-electron chi connectivity index (χ0n) is 18.5. The highest BCUT2D eigenvalue weighted by atomic mass is 16.2. The third kappa shape index (κ3) is 3.98. The fourth-order valence-corrected chi connectivity index (χ4v) is 3.49. The van der Waals surface area contributed by atoms with Gasteiger partial charge in [-0.25, -0.2) is 0 Å². The summed E-state index contributed by atoms with van der Waals surface area (Å²) in [6.45, 7) is 8.34. The van der Waals surface area contributed by atoms with E-state index in [4.69, 9.17) is 0 Å². The molecule has 0 aliphatic carbocycles. The van der Waals surface area contributed by atoms with E-state index < -0.39 is 5.91 Å². The van der Waals surface area contributed by atoms with Gasteiger partial charge in [0.1, 0.15) is 0 Å². The summed E-state index contributed by atoms with van der Waals surface area (Å²) in [5.74, 6) is -0.762. The Balaban J connectivity index is 1.73. The van der Waals surface area contributed by atoms with Crippen LogP contribution in [0.15, 0.2) is 6.20 Å². The summed E-state index contributed by atoms with van der Waals surface area (Å²) in [6, 6.07) is 0. The van der Waals surface area contributed by atoms with Crippen LogP contribution in [0.5, 0.6) is 0 Å². The van der Waals surface area contributed by atoms with E-state index in [9.17, 15) is 9.59 Å². The van der Waals surface area contributed by atoms with Crippen molar-refractivity contribution < 1.29 is 9.59 Å². The van der Waals surface area contributed by atoms with Crippen molar-refractivity contribution in [2.75, 3.05) is 0 Å². The fourth-order valence-electron chi connectivity index (χ4n) is 3.49. The molecular formula is C20H28N8O2. The van der Waals surface area contributed by atoms with Crippen LogP contribution in [0.25, 0.3) is 0 Å². The number of amides is 2. The summed E-state index contributed by atoms with van der Waals surface area (Å²) in [6.07, 6.45) is 1.55. The van der Waals surface area contributed by atoms with Gasteiger partial charge in [0, 0.05) is 62.9 Å². The number of hydrogen-bond donors (Lipinski definition) is 2. The summed E-state index contributed by atoms with van der Waals surface area (Å²) in [4.78, 5) is 25.6. The van der Waals surface area contributed by atoms with Crippen molar-refractivity contribution in [2.24, 2.45) is 21.1 Å². The highest BCUT2D eigenvalue weighted by Gasteiger charge is 2.22. The van der Waals surface area contributed by atoms with Crippen LogP contribution >= 0.6 is 0 Å². The van der Waals surface area contributed by atoms with Crippen LogP contribution in [0.4, 0.5) is 0 Å². The molecule has 3 heterocycles. The lowest BCUT2D eigenvalue weighted by molar-refractivity contribution is 0.0914. The van der Waals surface area contributed by atoms with E-state index in [-0.39, 0.29) is 17.2 Å². The number of carbonyl (C=O) groups excluding carboxylic acids is 2. The lowest BCUT2D eigenvalue weighted by atomic mass is 10.1. The van der Waals surface area contributed by atoms with Crippen LogP contribution < -0.4 is 10.6 Å². The molecule has 30 heavy (non-hydrogen) atoms. The first kappa shape index (κ1) is 21.3. The van der Waals surface area contributed by atoms with E-state index in [0.29, 0.717) is 13.1 Å². The lowest BCUT2D eigenvalue weighted by Crippen LogP contribution is -2.29. The van der Waals surface area contributed by atoms with Gasteiger partial charge in [0.2, 0.25) is 0 Å². The van der Waals surface area contributed by atoms with Gasteiger partial charge in [-0.15, -0.1) is 0 Å². The molecule has 0 atom stereocenters. The third-order valence-electron chi connectivity index (χ3n) is 5.46. The average Bonchev–Trinajstić information content (AvgIpc) is 3.27. The first-order chi connectivity index (χ1) is 14.1. The Hall–Kier alpha value is -3.43. The molecule has 0 aromatic carbocycles. The molecule has 3 rings (SSSR count). The molecule has 10 heteroatoms. The van der Waals surface area contributed by atoms with Gasteiger partial charge in [-0.3, -0.25) is 23.6 Å². The van der Waals surface area contributed by atoms with Crippen molar-refractivity contribution in [2.45, 2.75) is 40.8 Å². The Kier molecular flexibility index (Phi) is 5.77. The van der Waals surface area contributed by atoms with Crippen molar-refractivity contribution in [3.05, 3.63) is 51.4 Å². The maximum atomic E-state index is 12.8. The van der Waals surface area contributed by atoms with Gasteiger partial charge >= 0.3 is 0 Å². The minimum Gasteiger partial charge on any atom is -0.348 e. The quantitative estimate of drug-likeness (QED) is 0.627. The monoisotopic (exact) mass is 412 g/mol. The molecule has 3 aromatic rings. The topological polar surface area (TPSA) is 112 Å². The number of aryl methyl sites for hydroxylation is 5. The van der Waals surface area contributed by atoms with Gasteiger partial charge in [0.25, 0.3) is 11.8 Å². The summed E-state index contributed by atoms with van der Waals surface area (Å²) >= 11 is 0. The highest BCUT2D eigenvalue weighted by molar-refractivity contribution is 6.05. The van der Waals surface area contributed by atoms with Crippen LogP contribution in [0, 0.1) is 27.7 Å². The second-order valence-corrected chi connectivity index (χ2v) is 7.48. The summed E-state index contributed by atoms with van der Waals surface area (Å²) in [7, 11) is 5.40. The molecule has 0 spiro atoms. The highest BCUT2D eigenvalue weighted by Crippen LogP contribution is 2.14. The van der Waals surface area contributed by atoms with Crippen molar-refractivity contribution in [1.29, 1.82) is 0 Å². The fraction of sp³-hybridized carbons (Fsp3) is 0.450. The van der Waals surface area contributed by atoms with Crippen LogP contribution in [0.2, 0.25) is 0 Å². The van der Waals surface area contributed by atoms with E-state index in [1.54, 1.807) is 22.6 Å². The summed E-state index contributed by atoms with van der Waals surface area (Å²) in [5, 5.41) is 18.6. The van der Waals surface area contributed by atoms with E-state index in [2.05, 4.69) is 25.9 Å². The molecule has 0 fully saturated rings. The second kappa shape index (κ2) is 8.13. The second-order valence-electron chi connectivity index (χ2n) is 7.48. The Bertz CT molecular complexity index is 1030. The van der Waals surface area contributed by atoms with E-state index >= 15 is 0 Å². The standard InChI is InChI=1S/C20H28N8O2/c1-11-15(13(3)27(6)23-11)8-21-19(29)17-10-26(5)25-18(17)20(30)22-9-16-12(2)24-28(7)14(16)4/h10H,8-9H2,1-7H3,(H,21,29)(H,22,30). The largest absolute Gasteiger partial charge is 0.348 e. The van der Waals surface area contributed by atoms with Crippen molar-refractivity contribution >= 4 is 11.8 Å². The van der Waals surface area contributed by atoms with Crippen molar-refractivity contribution in [3.63, 3.8) is 0 Å². The normalized spacial score (nSPS) is 11.0. The number of nitrogens with zero attached hydrogens (tertiary/aromatic N) is 6. The predicted octanol–water partition coefficient (Wildman–Crippen LogP) is 0.981. The molecular weight excluding hydrogens is 384 g/mol. The van der Waals surface area contributed by atoms with Gasteiger partial charge < -0.3 is 10.6 Å². The minimum absolute atomic E-state index is 0.0915. The predicted molar refractivity (Wildman–Crippen MR) is 111 cm³/mol. The molecule has 10 nitrogen and oxygen atoms in total. The molecule has 2 N–H and O–H groups in total. The van der Waals surface area contributed by atoms with Crippen molar-refractivity contribution in [1.82, 2.24) is 40.0 Å². The maximum absolute atomic E-state index is 12.8. The number of nitrogens with one attached hydrogen (secondary N) is 2. The van der Waals surface area contributed by atoms with Crippen LogP contribution in [0.3, 0.4) is 0 Å². The van der Waals surface area contributed by atoms with Gasteiger partial charge in [-0.1, -0.05) is 0 Å². The van der Waals surface area contributed by atoms with E-state index in [1.165, 1.54) is 4.68 Å². The number of aromatic nitrogens is 6. The average molecular weight is 412 g/mol. The first-order valence-corrected chi connectivity index (χ1v) is 9.68. The molecule has 0 aliphatic rings. The molecule has 0 bridgehead atoms. The molecule has 0 aliphatic heterocycles. The number of hydrogen-bond acceptors (Lipinski definition) is 5.